The molecule has 0 saturated heterocycles. The fraction of sp³-hybridized carbons (Fsp3) is 0.375. The van der Waals surface area contributed by atoms with Crippen molar-refractivity contribution in [1.29, 1.82) is 0 Å². The van der Waals surface area contributed by atoms with Crippen molar-refractivity contribution in [3.05, 3.63) is 46.6 Å². The van der Waals surface area contributed by atoms with Crippen molar-refractivity contribution in [2.24, 2.45) is 4.99 Å². The Labute approximate surface area is 187 Å². The predicted molar refractivity (Wildman–Crippen MR) is 125 cm³/mol. The molecule has 0 aliphatic heterocycles. The summed E-state index contributed by atoms with van der Waals surface area (Å²) in [6.07, 6.45) is 0.977. The topological polar surface area (TPSA) is 54.2 Å². The van der Waals surface area contributed by atoms with Crippen LogP contribution in [0.15, 0.2) is 46.8 Å². The third kappa shape index (κ3) is 4.88. The first-order valence-corrected chi connectivity index (χ1v) is 11.2. The number of methoxy groups -OCH3 is 3. The maximum Gasteiger partial charge on any atom is 0.203 e. The number of nitrogens with zero attached hydrogens (tertiary/aromatic N) is 2. The van der Waals surface area contributed by atoms with Gasteiger partial charge in [0, 0.05) is 17.0 Å². The number of aromatic nitrogens is 1. The van der Waals surface area contributed by atoms with E-state index in [2.05, 4.69) is 23.8 Å². The van der Waals surface area contributed by atoms with Gasteiger partial charge < -0.3 is 23.5 Å². The third-order valence-corrected chi connectivity index (χ3v) is 5.95. The second kappa shape index (κ2) is 10.4. The van der Waals surface area contributed by atoms with Crippen LogP contribution in [0.1, 0.15) is 33.2 Å². The van der Waals surface area contributed by atoms with Crippen LogP contribution in [-0.4, -0.2) is 32.5 Å². The molecule has 3 rings (SSSR count). The van der Waals surface area contributed by atoms with E-state index in [1.165, 1.54) is 0 Å². The number of thiazole rings is 1. The molecule has 0 N–H and O–H groups in total. The average Bonchev–Trinajstić information content (AvgIpc) is 3.22. The maximum atomic E-state index is 5.55. The number of hydrogen-bond acceptors (Lipinski definition) is 6. The van der Waals surface area contributed by atoms with E-state index in [4.69, 9.17) is 23.9 Å². The van der Waals surface area contributed by atoms with Crippen LogP contribution in [0, 0.1) is 0 Å². The first-order valence-electron chi connectivity index (χ1n) is 10.3. The van der Waals surface area contributed by atoms with E-state index in [-0.39, 0.29) is 6.04 Å². The molecule has 0 aliphatic rings. The van der Waals surface area contributed by atoms with Crippen molar-refractivity contribution in [3.8, 4) is 34.3 Å². The van der Waals surface area contributed by atoms with Crippen molar-refractivity contribution in [1.82, 2.24) is 4.57 Å². The Bertz CT molecular complexity index is 1040. The number of hydrogen-bond donors (Lipinski definition) is 0. The Morgan fingerprint density at radius 1 is 0.968 bits per heavy atom. The van der Waals surface area contributed by atoms with Gasteiger partial charge in [0.25, 0.3) is 0 Å². The second-order valence-electron chi connectivity index (χ2n) is 6.98. The van der Waals surface area contributed by atoms with Crippen LogP contribution < -0.4 is 23.7 Å². The summed E-state index contributed by atoms with van der Waals surface area (Å²) in [5, 5.41) is 2.13. The van der Waals surface area contributed by atoms with Crippen molar-refractivity contribution in [3.63, 3.8) is 0 Å². The molecule has 1 atom stereocenters. The van der Waals surface area contributed by atoms with Crippen LogP contribution in [0.4, 0.5) is 5.69 Å². The van der Waals surface area contributed by atoms with Crippen molar-refractivity contribution in [2.45, 2.75) is 33.2 Å². The van der Waals surface area contributed by atoms with Gasteiger partial charge in [0.05, 0.1) is 39.3 Å². The first kappa shape index (κ1) is 22.7. The Morgan fingerprint density at radius 3 is 2.13 bits per heavy atom. The molecule has 7 heteroatoms. The van der Waals surface area contributed by atoms with Gasteiger partial charge in [0.1, 0.15) is 5.75 Å². The normalized spacial score (nSPS) is 12.5. The molecule has 6 nitrogen and oxygen atoms in total. The van der Waals surface area contributed by atoms with E-state index in [9.17, 15) is 0 Å². The van der Waals surface area contributed by atoms with E-state index in [1.54, 1.807) is 32.7 Å². The van der Waals surface area contributed by atoms with E-state index in [0.29, 0.717) is 23.9 Å². The lowest BCUT2D eigenvalue weighted by molar-refractivity contribution is 0.324. The van der Waals surface area contributed by atoms with Gasteiger partial charge in [-0.25, -0.2) is 4.99 Å². The molecule has 0 aliphatic carbocycles. The summed E-state index contributed by atoms with van der Waals surface area (Å²) >= 11 is 1.61. The highest BCUT2D eigenvalue weighted by atomic mass is 32.1. The summed E-state index contributed by atoms with van der Waals surface area (Å²) < 4.78 is 24.4. The predicted octanol–water partition coefficient (Wildman–Crippen LogP) is 5.84. The molecular weight excluding hydrogens is 412 g/mol. The lowest BCUT2D eigenvalue weighted by Gasteiger charge is -2.18. The van der Waals surface area contributed by atoms with Crippen molar-refractivity contribution in [2.75, 3.05) is 27.9 Å². The Kier molecular flexibility index (Phi) is 7.63. The standard InChI is InChI=1S/C24H30N2O4S/c1-7-16(3)26-20(17-13-21(27-4)23(29-6)22(14-17)28-5)15-31-24(26)25-18-9-11-19(12-10-18)30-8-2/h9-16H,7-8H2,1-6H3. The summed E-state index contributed by atoms with van der Waals surface area (Å²) in [6, 6.07) is 12.1. The molecule has 0 fully saturated rings. The number of ether oxygens (including phenoxy) is 4. The highest BCUT2D eigenvalue weighted by molar-refractivity contribution is 7.07. The fourth-order valence-corrected chi connectivity index (χ4v) is 4.36. The first-order chi connectivity index (χ1) is 15.1. The van der Waals surface area contributed by atoms with Crippen LogP contribution in [0.3, 0.4) is 0 Å². The lowest BCUT2D eigenvalue weighted by atomic mass is 10.1. The third-order valence-electron chi connectivity index (χ3n) is 5.11. The smallest absolute Gasteiger partial charge is 0.203 e. The molecule has 1 heterocycles. The molecule has 166 valence electrons. The molecule has 0 spiro atoms. The van der Waals surface area contributed by atoms with Crippen molar-refractivity contribution < 1.29 is 18.9 Å². The van der Waals surface area contributed by atoms with Gasteiger partial charge in [0.2, 0.25) is 5.75 Å². The Hall–Kier alpha value is -2.93. The summed E-state index contributed by atoms with van der Waals surface area (Å²) in [5.41, 5.74) is 2.93. The second-order valence-corrected chi connectivity index (χ2v) is 7.82. The van der Waals surface area contributed by atoms with Gasteiger partial charge in [0.15, 0.2) is 16.3 Å². The molecular formula is C24H30N2O4S. The summed E-state index contributed by atoms with van der Waals surface area (Å²) in [6.45, 7) is 7.00. The Morgan fingerprint density at radius 2 is 1.61 bits per heavy atom. The van der Waals surface area contributed by atoms with Crippen LogP contribution in [0.5, 0.6) is 23.0 Å². The van der Waals surface area contributed by atoms with Crippen LogP contribution in [-0.2, 0) is 0 Å². The van der Waals surface area contributed by atoms with Crippen molar-refractivity contribution >= 4 is 17.0 Å². The van der Waals surface area contributed by atoms with Gasteiger partial charge >= 0.3 is 0 Å². The van der Waals surface area contributed by atoms with Gasteiger partial charge in [-0.3, -0.25) is 0 Å². The monoisotopic (exact) mass is 442 g/mol. The zero-order valence-corrected chi connectivity index (χ0v) is 19.8. The Balaban J connectivity index is 2.14. The van der Waals surface area contributed by atoms with Gasteiger partial charge in [-0.05, 0) is 56.7 Å². The molecule has 1 aromatic heterocycles. The molecule has 0 saturated carbocycles. The number of benzene rings is 2. The molecule has 0 radical (unpaired) electrons. The summed E-state index contributed by atoms with van der Waals surface area (Å²) in [5.74, 6) is 2.69. The SMILES string of the molecule is CCOc1ccc(N=c2scc(-c3cc(OC)c(OC)c(OC)c3)n2C(C)CC)cc1. The molecule has 3 aromatic rings. The molecule has 31 heavy (non-hydrogen) atoms. The lowest BCUT2D eigenvalue weighted by Crippen LogP contribution is -2.19. The van der Waals surface area contributed by atoms with Gasteiger partial charge in [-0.1, -0.05) is 6.92 Å². The molecule has 2 aromatic carbocycles. The average molecular weight is 443 g/mol. The zero-order valence-electron chi connectivity index (χ0n) is 19.0. The van der Waals surface area contributed by atoms with Crippen LogP contribution in [0.25, 0.3) is 11.3 Å². The largest absolute Gasteiger partial charge is 0.494 e. The van der Waals surface area contributed by atoms with Gasteiger partial charge in [-0.2, -0.15) is 0 Å². The highest BCUT2D eigenvalue weighted by Gasteiger charge is 2.18. The minimum Gasteiger partial charge on any atom is -0.494 e. The summed E-state index contributed by atoms with van der Waals surface area (Å²) in [7, 11) is 4.87. The maximum absolute atomic E-state index is 5.55. The quantitative estimate of drug-likeness (QED) is 0.417. The minimum absolute atomic E-state index is 0.266. The van der Waals surface area contributed by atoms with Gasteiger partial charge in [-0.15, -0.1) is 11.3 Å². The highest BCUT2D eigenvalue weighted by Crippen LogP contribution is 2.41. The molecule has 0 amide bonds. The van der Waals surface area contributed by atoms with E-state index >= 15 is 0 Å². The van der Waals surface area contributed by atoms with E-state index in [1.807, 2.05) is 43.3 Å². The zero-order chi connectivity index (χ0) is 22.4. The van der Waals surface area contributed by atoms with E-state index in [0.717, 1.165) is 33.9 Å². The minimum atomic E-state index is 0.266. The molecule has 1 unspecified atom stereocenters. The number of rotatable bonds is 9. The fourth-order valence-electron chi connectivity index (χ4n) is 3.34. The summed E-state index contributed by atoms with van der Waals surface area (Å²) in [4.78, 5) is 5.85. The van der Waals surface area contributed by atoms with Crippen LogP contribution >= 0.6 is 11.3 Å². The molecule has 0 bridgehead atoms. The van der Waals surface area contributed by atoms with E-state index < -0.39 is 0 Å². The van der Waals surface area contributed by atoms with Crippen LogP contribution in [0.2, 0.25) is 0 Å².